The molecule has 3 atom stereocenters. The molecule has 3 amide bonds. The Balaban J connectivity index is 1.72. The van der Waals surface area contributed by atoms with Crippen LogP contribution in [0, 0.1) is 29.6 Å². The molecule has 32 heavy (non-hydrogen) atoms. The van der Waals surface area contributed by atoms with E-state index < -0.39 is 18.0 Å². The lowest BCUT2D eigenvalue weighted by Gasteiger charge is -2.27. The summed E-state index contributed by atoms with van der Waals surface area (Å²) in [5, 5.41) is 18.7. The number of aryl methyl sites for hydroxylation is 1. The van der Waals surface area contributed by atoms with Crippen LogP contribution in [0.4, 0.5) is 0 Å². The number of H-pyrrole nitrogens is 1. The minimum Gasteiger partial charge on any atom is -0.356 e. The summed E-state index contributed by atoms with van der Waals surface area (Å²) in [6.45, 7) is 8.51. The van der Waals surface area contributed by atoms with E-state index in [9.17, 15) is 19.6 Å². The molecule has 0 saturated carbocycles. The Labute approximate surface area is 188 Å². The number of fused-ring (bicyclic) bond motifs is 1. The summed E-state index contributed by atoms with van der Waals surface area (Å²) in [5.74, 6) is -1.18. The quantitative estimate of drug-likeness (QED) is 0.531. The molecule has 1 saturated heterocycles. The van der Waals surface area contributed by atoms with Crippen LogP contribution in [0.25, 0.3) is 10.9 Å². The number of aromatic nitrogens is 1. The van der Waals surface area contributed by atoms with Gasteiger partial charge in [-0.3, -0.25) is 14.4 Å². The summed E-state index contributed by atoms with van der Waals surface area (Å²) in [5.41, 5.74) is 2.07. The third kappa shape index (κ3) is 5.88. The lowest BCUT2D eigenvalue weighted by molar-refractivity contribution is -0.125. The summed E-state index contributed by atoms with van der Waals surface area (Å²) in [7, 11) is 0. The second-order valence-electron chi connectivity index (χ2n) is 9.77. The number of hydrogen-bond donors (Lipinski definition) is 4. The molecule has 3 rings (SSSR count). The SMILES string of the molecule is Cc1ccc2cc(C(=O)N[C@@H](CC(C)(C)C)C(=O)N[C@H](C#N)C[C@@H]3CCNC3=O)[nH]c2c1. The molecule has 0 spiro atoms. The topological polar surface area (TPSA) is 127 Å². The number of rotatable bonds is 7. The first-order chi connectivity index (χ1) is 15.1. The first kappa shape index (κ1) is 23.3. The highest BCUT2D eigenvalue weighted by Crippen LogP contribution is 2.23. The van der Waals surface area contributed by atoms with Gasteiger partial charge < -0.3 is 20.9 Å². The van der Waals surface area contributed by atoms with Gasteiger partial charge >= 0.3 is 0 Å². The number of carbonyl (C=O) groups excluding carboxylic acids is 3. The Morgan fingerprint density at radius 1 is 1.25 bits per heavy atom. The third-order valence-electron chi connectivity index (χ3n) is 5.62. The predicted molar refractivity (Wildman–Crippen MR) is 122 cm³/mol. The maximum atomic E-state index is 13.0. The van der Waals surface area contributed by atoms with Crippen LogP contribution in [0.1, 0.15) is 56.1 Å². The second-order valence-corrected chi connectivity index (χ2v) is 9.77. The smallest absolute Gasteiger partial charge is 0.268 e. The molecule has 1 aliphatic heterocycles. The molecule has 1 fully saturated rings. The van der Waals surface area contributed by atoms with Crippen molar-refractivity contribution in [1.29, 1.82) is 5.26 Å². The Morgan fingerprint density at radius 2 is 2.00 bits per heavy atom. The molecule has 0 bridgehead atoms. The van der Waals surface area contributed by atoms with Gasteiger partial charge in [-0.2, -0.15) is 5.26 Å². The number of nitrogens with one attached hydrogen (secondary N) is 4. The maximum Gasteiger partial charge on any atom is 0.268 e. The Morgan fingerprint density at radius 3 is 2.62 bits per heavy atom. The van der Waals surface area contributed by atoms with Gasteiger partial charge in [-0.1, -0.05) is 32.9 Å². The second kappa shape index (κ2) is 9.43. The fraction of sp³-hybridized carbons (Fsp3) is 0.500. The average molecular weight is 438 g/mol. The average Bonchev–Trinajstić information content (AvgIpc) is 3.31. The lowest BCUT2D eigenvalue weighted by Crippen LogP contribution is -2.51. The molecule has 0 aliphatic carbocycles. The molecule has 2 heterocycles. The van der Waals surface area contributed by atoms with Crippen LogP contribution in [0.15, 0.2) is 24.3 Å². The molecule has 2 aromatic rings. The molecule has 4 N–H and O–H groups in total. The number of nitrogens with zero attached hydrogens (tertiary/aromatic N) is 1. The van der Waals surface area contributed by atoms with E-state index in [0.29, 0.717) is 25.1 Å². The van der Waals surface area contributed by atoms with E-state index in [1.54, 1.807) is 6.07 Å². The van der Waals surface area contributed by atoms with E-state index in [0.717, 1.165) is 16.5 Å². The predicted octanol–water partition coefficient (Wildman–Crippen LogP) is 2.55. The monoisotopic (exact) mass is 437 g/mol. The number of hydrogen-bond acceptors (Lipinski definition) is 4. The molecule has 0 unspecified atom stereocenters. The zero-order valence-corrected chi connectivity index (χ0v) is 19.0. The van der Waals surface area contributed by atoms with Gasteiger partial charge in [-0.15, -0.1) is 0 Å². The van der Waals surface area contributed by atoms with Crippen molar-refractivity contribution in [2.45, 2.75) is 59.0 Å². The highest BCUT2D eigenvalue weighted by molar-refractivity contribution is 6.00. The van der Waals surface area contributed by atoms with Gasteiger partial charge in [-0.05, 0) is 49.3 Å². The highest BCUT2D eigenvalue weighted by atomic mass is 16.2. The first-order valence-electron chi connectivity index (χ1n) is 10.9. The number of carbonyl (C=O) groups is 3. The summed E-state index contributed by atoms with van der Waals surface area (Å²) in [6.07, 6.45) is 1.30. The molecule has 1 aromatic carbocycles. The van der Waals surface area contributed by atoms with E-state index in [4.69, 9.17) is 0 Å². The minimum atomic E-state index is -0.816. The normalized spacial score (nSPS) is 18.0. The van der Waals surface area contributed by atoms with Crippen LogP contribution < -0.4 is 16.0 Å². The molecule has 1 aromatic heterocycles. The summed E-state index contributed by atoms with van der Waals surface area (Å²) in [4.78, 5) is 40.9. The van der Waals surface area contributed by atoms with Gasteiger partial charge in [0.1, 0.15) is 17.8 Å². The fourth-order valence-electron chi connectivity index (χ4n) is 3.99. The molecule has 8 heteroatoms. The van der Waals surface area contributed by atoms with Crippen molar-refractivity contribution < 1.29 is 14.4 Å². The van der Waals surface area contributed by atoms with Crippen molar-refractivity contribution in [1.82, 2.24) is 20.9 Å². The van der Waals surface area contributed by atoms with Gasteiger partial charge in [-0.25, -0.2) is 0 Å². The minimum absolute atomic E-state index is 0.0897. The molecule has 1 aliphatic rings. The van der Waals surface area contributed by atoms with Crippen LogP contribution in [0.3, 0.4) is 0 Å². The van der Waals surface area contributed by atoms with Crippen LogP contribution >= 0.6 is 0 Å². The zero-order valence-electron chi connectivity index (χ0n) is 19.0. The van der Waals surface area contributed by atoms with E-state index in [1.807, 2.05) is 45.9 Å². The van der Waals surface area contributed by atoms with Gasteiger partial charge in [0.05, 0.1) is 6.07 Å². The van der Waals surface area contributed by atoms with E-state index in [1.165, 1.54) is 0 Å². The van der Waals surface area contributed by atoms with Crippen LogP contribution in [-0.4, -0.2) is 41.3 Å². The van der Waals surface area contributed by atoms with Crippen LogP contribution in [0.5, 0.6) is 0 Å². The standard InChI is InChI=1S/C24H31N5O3/c1-14-5-6-15-11-19(28-18(15)9-14)22(31)29-20(12-24(2,3)4)23(32)27-17(13-25)10-16-7-8-26-21(16)30/h5-6,9,11,16-17,20,28H,7-8,10,12H2,1-4H3,(H,26,30)(H,27,32)(H,29,31)/t16-,17-,20-/m0/s1. The molecular weight excluding hydrogens is 406 g/mol. The number of aromatic amines is 1. The van der Waals surface area contributed by atoms with Crippen molar-refractivity contribution in [3.63, 3.8) is 0 Å². The third-order valence-corrected chi connectivity index (χ3v) is 5.62. The van der Waals surface area contributed by atoms with Crippen LogP contribution in [-0.2, 0) is 9.59 Å². The summed E-state index contributed by atoms with van der Waals surface area (Å²) >= 11 is 0. The molecular formula is C24H31N5O3. The van der Waals surface area contributed by atoms with E-state index in [2.05, 4.69) is 27.0 Å². The molecule has 8 nitrogen and oxygen atoms in total. The van der Waals surface area contributed by atoms with Crippen molar-refractivity contribution >= 4 is 28.6 Å². The summed E-state index contributed by atoms with van der Waals surface area (Å²) in [6, 6.07) is 8.09. The Bertz CT molecular complexity index is 1060. The largest absolute Gasteiger partial charge is 0.356 e. The van der Waals surface area contributed by atoms with Crippen molar-refractivity contribution in [2.75, 3.05) is 6.54 Å². The zero-order chi connectivity index (χ0) is 23.5. The number of amides is 3. The highest BCUT2D eigenvalue weighted by Gasteiger charge is 2.31. The molecule has 170 valence electrons. The van der Waals surface area contributed by atoms with Gasteiger partial charge in [0, 0.05) is 23.4 Å². The van der Waals surface area contributed by atoms with Crippen LogP contribution in [0.2, 0.25) is 0 Å². The maximum absolute atomic E-state index is 13.0. The Hall–Kier alpha value is -3.34. The lowest BCUT2D eigenvalue weighted by atomic mass is 9.87. The van der Waals surface area contributed by atoms with Gasteiger partial charge in [0.15, 0.2) is 0 Å². The van der Waals surface area contributed by atoms with Crippen molar-refractivity contribution in [3.05, 3.63) is 35.5 Å². The van der Waals surface area contributed by atoms with Crippen molar-refractivity contribution in [2.24, 2.45) is 11.3 Å². The van der Waals surface area contributed by atoms with Gasteiger partial charge in [0.2, 0.25) is 11.8 Å². The van der Waals surface area contributed by atoms with E-state index in [-0.39, 0.29) is 29.6 Å². The number of benzene rings is 1. The van der Waals surface area contributed by atoms with Crippen molar-refractivity contribution in [3.8, 4) is 6.07 Å². The fourth-order valence-corrected chi connectivity index (χ4v) is 3.99. The Kier molecular flexibility index (Phi) is 6.87. The van der Waals surface area contributed by atoms with Gasteiger partial charge in [0.25, 0.3) is 5.91 Å². The summed E-state index contributed by atoms with van der Waals surface area (Å²) < 4.78 is 0. The number of nitriles is 1. The van der Waals surface area contributed by atoms with E-state index >= 15 is 0 Å². The molecule has 0 radical (unpaired) electrons. The first-order valence-corrected chi connectivity index (χ1v) is 10.9.